The van der Waals surface area contributed by atoms with E-state index in [1.807, 2.05) is 18.3 Å². The lowest BCUT2D eigenvalue weighted by molar-refractivity contribution is -0.104. The topological polar surface area (TPSA) is 47.0 Å². The van der Waals surface area contributed by atoms with Gasteiger partial charge < -0.3 is 10.1 Å². The summed E-state index contributed by atoms with van der Waals surface area (Å²) in [5, 5.41) is 4.41. The van der Waals surface area contributed by atoms with Gasteiger partial charge in [0.05, 0.1) is 10.6 Å². The fraction of sp³-hybridized carbons (Fsp3) is 0.545. The predicted octanol–water partition coefficient (Wildman–Crippen LogP) is 5.32. The van der Waals surface area contributed by atoms with Gasteiger partial charge in [-0.2, -0.15) is 0 Å². The smallest absolute Gasteiger partial charge is 0.147 e. The van der Waals surface area contributed by atoms with Gasteiger partial charge in [0.25, 0.3) is 0 Å². The molecule has 1 aliphatic carbocycles. The number of rotatable bonds is 6. The van der Waals surface area contributed by atoms with Crippen LogP contribution in [0.3, 0.4) is 0 Å². The number of pyridine rings is 2. The Bertz CT molecular complexity index is 796. The summed E-state index contributed by atoms with van der Waals surface area (Å²) < 4.78 is 6.32. The molecule has 2 aliphatic rings. The Balaban J connectivity index is 1.45. The van der Waals surface area contributed by atoms with Gasteiger partial charge in [-0.15, -0.1) is 0 Å². The van der Waals surface area contributed by atoms with Gasteiger partial charge in [0.2, 0.25) is 0 Å². The fourth-order valence-corrected chi connectivity index (χ4v) is 5.21. The summed E-state index contributed by atoms with van der Waals surface area (Å²) in [7, 11) is 0. The molecule has 150 valence electrons. The Hall–Kier alpha value is -1.20. The average Bonchev–Trinajstić information content (AvgIpc) is 3.16. The summed E-state index contributed by atoms with van der Waals surface area (Å²) in [5.74, 6) is 0. The quantitative estimate of drug-likeness (QED) is 0.507. The van der Waals surface area contributed by atoms with Crippen molar-refractivity contribution in [2.24, 2.45) is 0 Å². The molecule has 0 radical (unpaired) electrons. The number of aromatic nitrogens is 2. The van der Waals surface area contributed by atoms with Crippen LogP contribution < -0.4 is 5.32 Å². The zero-order chi connectivity index (χ0) is 19.5. The molecular weight excluding hydrogens is 393 g/mol. The monoisotopic (exact) mass is 419 g/mol. The lowest BCUT2D eigenvalue weighted by Gasteiger charge is -2.46. The van der Waals surface area contributed by atoms with E-state index in [4.69, 9.17) is 32.9 Å². The van der Waals surface area contributed by atoms with Crippen molar-refractivity contribution >= 4 is 23.2 Å². The van der Waals surface area contributed by atoms with Crippen molar-refractivity contribution in [3.05, 3.63) is 58.1 Å². The lowest BCUT2D eigenvalue weighted by Crippen LogP contribution is -2.47. The van der Waals surface area contributed by atoms with Crippen LogP contribution in [0.25, 0.3) is 0 Å². The minimum Gasteiger partial charge on any atom is -0.375 e. The van der Waals surface area contributed by atoms with E-state index in [0.29, 0.717) is 10.2 Å². The molecule has 4 nitrogen and oxygen atoms in total. The molecule has 0 aromatic carbocycles. The van der Waals surface area contributed by atoms with Crippen LogP contribution >= 0.6 is 23.2 Å². The first kappa shape index (κ1) is 20.1. The van der Waals surface area contributed by atoms with E-state index < -0.39 is 0 Å². The van der Waals surface area contributed by atoms with Gasteiger partial charge in [-0.05, 0) is 62.4 Å². The molecule has 28 heavy (non-hydrogen) atoms. The zero-order valence-corrected chi connectivity index (χ0v) is 17.6. The van der Waals surface area contributed by atoms with Crippen LogP contribution in [0.1, 0.15) is 56.2 Å². The molecule has 4 rings (SSSR count). The van der Waals surface area contributed by atoms with Crippen LogP contribution in [0, 0.1) is 0 Å². The molecule has 2 aromatic heterocycles. The third-order valence-corrected chi connectivity index (χ3v) is 7.02. The van der Waals surface area contributed by atoms with Crippen LogP contribution in [0.5, 0.6) is 0 Å². The second kappa shape index (κ2) is 8.66. The van der Waals surface area contributed by atoms with Crippen molar-refractivity contribution in [3.8, 4) is 0 Å². The number of hydrogen-bond acceptors (Lipinski definition) is 4. The van der Waals surface area contributed by atoms with Gasteiger partial charge in [0, 0.05) is 36.7 Å². The van der Waals surface area contributed by atoms with Gasteiger partial charge in [-0.1, -0.05) is 42.1 Å². The highest BCUT2D eigenvalue weighted by Gasteiger charge is 2.48. The number of nitrogens with zero attached hydrogens (tertiary/aromatic N) is 2. The molecule has 1 saturated carbocycles. The van der Waals surface area contributed by atoms with Crippen molar-refractivity contribution in [3.63, 3.8) is 0 Å². The minimum absolute atomic E-state index is 0.0589. The fourth-order valence-electron chi connectivity index (χ4n) is 4.91. The molecule has 0 bridgehead atoms. The maximum atomic E-state index is 6.32. The molecule has 2 fully saturated rings. The SMILES string of the molecule is Clc1cc(CNCCC2(c3ccccn3)CCOC3(CCCC3)C2)cnc1Cl. The molecule has 1 unspecified atom stereocenters. The van der Waals surface area contributed by atoms with Crippen LogP contribution in [0.4, 0.5) is 0 Å². The Kier molecular flexibility index (Phi) is 6.21. The molecule has 6 heteroatoms. The molecule has 1 saturated heterocycles. The van der Waals surface area contributed by atoms with Crippen molar-refractivity contribution in [2.45, 2.75) is 62.5 Å². The Morgan fingerprint density at radius 3 is 2.71 bits per heavy atom. The summed E-state index contributed by atoms with van der Waals surface area (Å²) in [6.07, 6.45) is 11.8. The Labute approximate surface area is 177 Å². The van der Waals surface area contributed by atoms with E-state index in [9.17, 15) is 0 Å². The number of nitrogens with one attached hydrogen (secondary N) is 1. The van der Waals surface area contributed by atoms with Gasteiger partial charge in [-0.3, -0.25) is 4.98 Å². The van der Waals surface area contributed by atoms with Crippen LogP contribution in [-0.4, -0.2) is 28.7 Å². The molecule has 0 amide bonds. The van der Waals surface area contributed by atoms with Crippen LogP contribution in [0.2, 0.25) is 10.2 Å². The maximum absolute atomic E-state index is 6.32. The summed E-state index contributed by atoms with van der Waals surface area (Å²) in [6, 6.07) is 8.17. The molecule has 2 aromatic rings. The molecular formula is C22H27Cl2N3O. The summed E-state index contributed by atoms with van der Waals surface area (Å²) >= 11 is 12.0. The first-order valence-electron chi connectivity index (χ1n) is 10.2. The summed E-state index contributed by atoms with van der Waals surface area (Å²) in [5.41, 5.74) is 2.39. The highest BCUT2D eigenvalue weighted by molar-refractivity contribution is 6.41. The number of halogens is 2. The van der Waals surface area contributed by atoms with Crippen molar-refractivity contribution in [1.82, 2.24) is 15.3 Å². The maximum Gasteiger partial charge on any atom is 0.147 e. The first-order valence-corrected chi connectivity index (χ1v) is 10.9. The number of ether oxygens (including phenoxy) is 1. The normalized spacial score (nSPS) is 23.9. The van der Waals surface area contributed by atoms with Crippen LogP contribution in [0.15, 0.2) is 36.7 Å². The van der Waals surface area contributed by atoms with E-state index in [0.717, 1.165) is 44.5 Å². The van der Waals surface area contributed by atoms with Crippen molar-refractivity contribution in [2.75, 3.05) is 13.2 Å². The van der Waals surface area contributed by atoms with Crippen molar-refractivity contribution in [1.29, 1.82) is 0 Å². The Morgan fingerprint density at radius 1 is 1.11 bits per heavy atom. The van der Waals surface area contributed by atoms with E-state index in [1.54, 1.807) is 6.20 Å². The third-order valence-electron chi connectivity index (χ3n) is 6.33. The first-order chi connectivity index (χ1) is 13.6. The molecule has 1 aliphatic heterocycles. The molecule has 1 N–H and O–H groups in total. The molecule has 1 spiro atoms. The standard InChI is InChI=1S/C22H27Cl2N3O/c23-18-13-17(15-27-20(18)24)14-25-11-8-21(19-5-1-4-10-26-19)9-12-28-22(16-21)6-2-3-7-22/h1,4-5,10,13,15,25H,2-3,6-9,11-12,14,16H2. The highest BCUT2D eigenvalue weighted by Crippen LogP contribution is 2.49. The largest absolute Gasteiger partial charge is 0.375 e. The predicted molar refractivity (Wildman–Crippen MR) is 113 cm³/mol. The highest BCUT2D eigenvalue weighted by atomic mass is 35.5. The molecule has 3 heterocycles. The Morgan fingerprint density at radius 2 is 1.96 bits per heavy atom. The van der Waals surface area contributed by atoms with Gasteiger partial charge in [0.15, 0.2) is 0 Å². The van der Waals surface area contributed by atoms with Gasteiger partial charge in [0.1, 0.15) is 5.15 Å². The van der Waals surface area contributed by atoms with E-state index in [2.05, 4.69) is 22.4 Å². The zero-order valence-electron chi connectivity index (χ0n) is 16.1. The lowest BCUT2D eigenvalue weighted by atomic mass is 9.68. The summed E-state index contributed by atoms with van der Waals surface area (Å²) in [4.78, 5) is 8.89. The van der Waals surface area contributed by atoms with Gasteiger partial charge >= 0.3 is 0 Å². The molecule has 1 atom stereocenters. The van der Waals surface area contributed by atoms with E-state index in [-0.39, 0.29) is 11.0 Å². The average molecular weight is 420 g/mol. The second-order valence-corrected chi connectivity index (χ2v) is 8.97. The van der Waals surface area contributed by atoms with E-state index in [1.165, 1.54) is 31.4 Å². The van der Waals surface area contributed by atoms with Crippen molar-refractivity contribution < 1.29 is 4.74 Å². The minimum atomic E-state index is 0.0589. The second-order valence-electron chi connectivity index (χ2n) is 8.20. The van der Waals surface area contributed by atoms with Crippen LogP contribution in [-0.2, 0) is 16.7 Å². The number of hydrogen-bond donors (Lipinski definition) is 1. The van der Waals surface area contributed by atoms with E-state index >= 15 is 0 Å². The summed E-state index contributed by atoms with van der Waals surface area (Å²) in [6.45, 7) is 2.46. The van der Waals surface area contributed by atoms with Gasteiger partial charge in [-0.25, -0.2) is 4.98 Å². The third kappa shape index (κ3) is 4.35.